The first-order valence-electron chi connectivity index (χ1n) is 9.62. The van der Waals surface area contributed by atoms with E-state index < -0.39 is 27.6 Å². The molecule has 0 amide bonds. The fourth-order valence-electron chi connectivity index (χ4n) is 3.21. The number of carbonyl (C=O) groups is 2. The largest absolute Gasteiger partial charge is 0.493 e. The minimum absolute atomic E-state index is 0.0422. The summed E-state index contributed by atoms with van der Waals surface area (Å²) in [4.78, 5) is 25.0. The average molecular weight is 543 g/mol. The molecule has 0 aliphatic heterocycles. The fraction of sp³-hybridized carbons (Fsp3) is 0.130. The predicted molar refractivity (Wildman–Crippen MR) is 131 cm³/mol. The molecule has 0 unspecified atom stereocenters. The van der Waals surface area contributed by atoms with Gasteiger partial charge in [0.05, 0.1) is 29.8 Å². The van der Waals surface area contributed by atoms with E-state index in [0.29, 0.717) is 5.75 Å². The molecule has 0 spiro atoms. The van der Waals surface area contributed by atoms with Crippen LogP contribution in [0.2, 0.25) is 10.0 Å². The van der Waals surface area contributed by atoms with Crippen molar-refractivity contribution in [3.8, 4) is 11.5 Å². The molecule has 0 radical (unpaired) electrons. The number of nitrogens with zero attached hydrogens (tertiary/aromatic N) is 1. The van der Waals surface area contributed by atoms with Crippen molar-refractivity contribution in [3.05, 3.63) is 81.8 Å². The Morgan fingerprint density at radius 1 is 0.882 bits per heavy atom. The van der Waals surface area contributed by atoms with Gasteiger partial charge in [0.1, 0.15) is 6.54 Å². The van der Waals surface area contributed by atoms with Gasteiger partial charge in [-0.3, -0.25) is 13.9 Å². The van der Waals surface area contributed by atoms with E-state index in [9.17, 15) is 18.0 Å². The number of halogens is 3. The number of sulfonamides is 1. The Balaban J connectivity index is 2.23. The van der Waals surface area contributed by atoms with Crippen LogP contribution < -0.4 is 13.8 Å². The number of rotatable bonds is 9. The van der Waals surface area contributed by atoms with Crippen LogP contribution in [0.25, 0.3) is 0 Å². The van der Waals surface area contributed by atoms with E-state index >= 15 is 0 Å². The summed E-state index contributed by atoms with van der Waals surface area (Å²) < 4.78 is 38.4. The molecule has 0 aliphatic carbocycles. The van der Waals surface area contributed by atoms with Gasteiger partial charge in [0.25, 0.3) is 10.0 Å². The first-order valence-corrected chi connectivity index (χ1v) is 12.2. The second-order valence-electron chi connectivity index (χ2n) is 6.85. The molecule has 3 aromatic carbocycles. The molecule has 0 atom stereocenters. The maximum atomic E-state index is 13.7. The first-order chi connectivity index (χ1) is 16.1. The zero-order valence-corrected chi connectivity index (χ0v) is 21.0. The number of ether oxygens (including phenoxy) is 2. The summed E-state index contributed by atoms with van der Waals surface area (Å²) in [6.45, 7) is -0.763. The molecule has 0 N–H and O–H groups in total. The van der Waals surface area contributed by atoms with Crippen molar-refractivity contribution in [1.82, 2.24) is 0 Å². The molecule has 11 heteroatoms. The lowest BCUT2D eigenvalue weighted by atomic mass is 10.0. The summed E-state index contributed by atoms with van der Waals surface area (Å²) in [7, 11) is -1.66. The van der Waals surface area contributed by atoms with E-state index in [1.54, 1.807) is 12.1 Å². The number of benzene rings is 3. The summed E-state index contributed by atoms with van der Waals surface area (Å²) >= 11 is 17.9. The topological polar surface area (TPSA) is 90.0 Å². The first kappa shape index (κ1) is 25.8. The van der Waals surface area contributed by atoms with E-state index in [1.807, 2.05) is 0 Å². The van der Waals surface area contributed by atoms with E-state index in [4.69, 9.17) is 44.3 Å². The van der Waals surface area contributed by atoms with Crippen molar-refractivity contribution in [2.75, 3.05) is 25.1 Å². The second-order valence-corrected chi connectivity index (χ2v) is 9.98. The molecule has 0 fully saturated rings. The number of hydrogen-bond donors (Lipinski definition) is 0. The van der Waals surface area contributed by atoms with Crippen LogP contribution in [-0.2, 0) is 14.8 Å². The maximum Gasteiger partial charge on any atom is 0.264 e. The van der Waals surface area contributed by atoms with Crippen LogP contribution in [0, 0.1) is 0 Å². The molecule has 0 bridgehead atoms. The van der Waals surface area contributed by atoms with E-state index in [-0.39, 0.29) is 37.5 Å². The zero-order valence-electron chi connectivity index (χ0n) is 17.9. The van der Waals surface area contributed by atoms with Crippen LogP contribution in [-0.4, -0.2) is 40.2 Å². The highest BCUT2D eigenvalue weighted by molar-refractivity contribution is 7.92. The van der Waals surface area contributed by atoms with Crippen molar-refractivity contribution >= 4 is 61.5 Å². The normalized spacial score (nSPS) is 11.1. The number of ketones is 1. The lowest BCUT2D eigenvalue weighted by molar-refractivity contribution is -0.110. The van der Waals surface area contributed by atoms with Crippen LogP contribution in [0.1, 0.15) is 15.9 Å². The predicted octanol–water partition coefficient (Wildman–Crippen LogP) is 5.20. The van der Waals surface area contributed by atoms with Crippen LogP contribution in [0.5, 0.6) is 11.5 Å². The second kappa shape index (κ2) is 10.7. The van der Waals surface area contributed by atoms with Gasteiger partial charge in [-0.15, -0.1) is 0 Å². The van der Waals surface area contributed by atoms with Gasteiger partial charge < -0.3 is 9.47 Å². The quantitative estimate of drug-likeness (QED) is 0.273. The molecule has 178 valence electrons. The standard InChI is InChI=1S/C23H18Cl3NO6S/c1-32-20-10-8-15(12-21(20)33-2)34(30,31)27(13-22(26)28)19-11-14(24)7-9-17(19)23(29)16-5-3-4-6-18(16)25/h3-12H,13H2,1-2H3. The zero-order chi connectivity index (χ0) is 25.0. The fourth-order valence-corrected chi connectivity index (χ4v) is 5.24. The van der Waals surface area contributed by atoms with Gasteiger partial charge in [-0.1, -0.05) is 35.3 Å². The molecule has 3 rings (SSSR count). The SMILES string of the molecule is COc1ccc(S(=O)(=O)N(CC(=O)Cl)c2cc(Cl)ccc2C(=O)c2ccccc2Cl)cc1OC. The molecule has 0 aliphatic rings. The highest BCUT2D eigenvalue weighted by atomic mass is 35.5. The van der Waals surface area contributed by atoms with Crippen molar-refractivity contribution in [1.29, 1.82) is 0 Å². The molecule has 0 saturated carbocycles. The van der Waals surface area contributed by atoms with E-state index in [2.05, 4.69) is 0 Å². The maximum absolute atomic E-state index is 13.7. The van der Waals surface area contributed by atoms with Gasteiger partial charge in [0, 0.05) is 22.2 Å². The third-order valence-corrected chi connectivity index (χ3v) is 7.24. The van der Waals surface area contributed by atoms with Gasteiger partial charge in [-0.2, -0.15) is 0 Å². The average Bonchev–Trinajstić information content (AvgIpc) is 2.81. The van der Waals surface area contributed by atoms with E-state index in [1.165, 1.54) is 62.8 Å². The molecule has 7 nitrogen and oxygen atoms in total. The number of methoxy groups -OCH3 is 2. The van der Waals surface area contributed by atoms with Crippen molar-refractivity contribution in [3.63, 3.8) is 0 Å². The van der Waals surface area contributed by atoms with Crippen molar-refractivity contribution in [2.45, 2.75) is 4.90 Å². The third kappa shape index (κ3) is 5.31. The van der Waals surface area contributed by atoms with E-state index in [0.717, 1.165) is 4.31 Å². The van der Waals surface area contributed by atoms with Gasteiger partial charge in [0.15, 0.2) is 17.3 Å². The monoisotopic (exact) mass is 541 g/mol. The van der Waals surface area contributed by atoms with Gasteiger partial charge in [-0.25, -0.2) is 8.42 Å². The Bertz CT molecular complexity index is 1360. The Labute approximate surface area is 211 Å². The third-order valence-electron chi connectivity index (χ3n) is 4.80. The summed E-state index contributed by atoms with van der Waals surface area (Å²) in [6.07, 6.45) is 0. The Morgan fingerprint density at radius 3 is 2.18 bits per heavy atom. The van der Waals surface area contributed by atoms with Crippen LogP contribution in [0.15, 0.2) is 65.6 Å². The highest BCUT2D eigenvalue weighted by Gasteiger charge is 2.31. The number of carbonyl (C=O) groups excluding carboxylic acids is 2. The van der Waals surface area contributed by atoms with Crippen LogP contribution in [0.3, 0.4) is 0 Å². The molecular weight excluding hydrogens is 525 g/mol. The number of hydrogen-bond acceptors (Lipinski definition) is 6. The minimum Gasteiger partial charge on any atom is -0.493 e. The van der Waals surface area contributed by atoms with Gasteiger partial charge in [-0.05, 0) is 54.1 Å². The minimum atomic E-state index is -4.42. The van der Waals surface area contributed by atoms with Gasteiger partial charge in [0.2, 0.25) is 5.24 Å². The molecule has 34 heavy (non-hydrogen) atoms. The Morgan fingerprint density at radius 2 is 1.56 bits per heavy atom. The van der Waals surface area contributed by atoms with Crippen LogP contribution in [0.4, 0.5) is 5.69 Å². The van der Waals surface area contributed by atoms with Crippen molar-refractivity contribution in [2.24, 2.45) is 0 Å². The van der Waals surface area contributed by atoms with Gasteiger partial charge >= 0.3 is 0 Å². The number of anilines is 1. The molecule has 0 aromatic heterocycles. The Kier molecular flexibility index (Phi) is 8.09. The lowest BCUT2D eigenvalue weighted by Gasteiger charge is -2.25. The smallest absolute Gasteiger partial charge is 0.264 e. The highest BCUT2D eigenvalue weighted by Crippen LogP contribution is 2.35. The Hall–Kier alpha value is -2.78. The summed E-state index contributed by atoms with van der Waals surface area (Å²) in [5.74, 6) is -0.107. The molecule has 0 saturated heterocycles. The molecule has 3 aromatic rings. The van der Waals surface area contributed by atoms with Crippen LogP contribution >= 0.6 is 34.8 Å². The lowest BCUT2D eigenvalue weighted by Crippen LogP contribution is -2.35. The molecular formula is C23H18Cl3NO6S. The summed E-state index contributed by atoms with van der Waals surface area (Å²) in [5.41, 5.74) is -0.0333. The summed E-state index contributed by atoms with van der Waals surface area (Å²) in [5, 5.41) is -0.656. The molecule has 0 heterocycles. The van der Waals surface area contributed by atoms with Crippen molar-refractivity contribution < 1.29 is 27.5 Å². The summed E-state index contributed by atoms with van der Waals surface area (Å²) in [6, 6.07) is 14.3.